The molecule has 3 rings (SSSR count). The van der Waals surface area contributed by atoms with Crippen LogP contribution in [0.2, 0.25) is 0 Å². The molecule has 2 aromatic rings. The molecule has 2 N–H and O–H groups in total. The Morgan fingerprint density at radius 3 is 3.00 bits per heavy atom. The van der Waals surface area contributed by atoms with Gasteiger partial charge in [0.2, 0.25) is 0 Å². The van der Waals surface area contributed by atoms with Crippen molar-refractivity contribution in [3.05, 3.63) is 45.4 Å². The van der Waals surface area contributed by atoms with Gasteiger partial charge in [-0.15, -0.1) is 35.5 Å². The minimum atomic E-state index is -0.301. The molecule has 1 aliphatic heterocycles. The Morgan fingerprint density at radius 2 is 2.23 bits per heavy atom. The van der Waals surface area contributed by atoms with Crippen LogP contribution in [0.5, 0.6) is 0 Å². The van der Waals surface area contributed by atoms with Crippen LogP contribution in [0.1, 0.15) is 20.8 Å². The predicted octanol–water partition coefficient (Wildman–Crippen LogP) is 3.93. The molecule has 0 saturated carbocycles. The van der Waals surface area contributed by atoms with Gasteiger partial charge in [0.1, 0.15) is 10.7 Å². The van der Waals surface area contributed by atoms with E-state index in [2.05, 4.69) is 10.6 Å². The normalized spacial score (nSPS) is 13.2. The first-order valence-electron chi connectivity index (χ1n) is 6.64. The minimum Gasteiger partial charge on any atom is -0.319 e. The number of rotatable bonds is 3. The van der Waals surface area contributed by atoms with E-state index in [1.807, 2.05) is 23.8 Å². The molecule has 0 bridgehead atoms. The zero-order valence-electron chi connectivity index (χ0n) is 11.9. The molecule has 118 valence electrons. The maximum Gasteiger partial charge on any atom is 0.266 e. The molecule has 0 atom stereocenters. The Hall–Kier alpha value is -1.08. The number of hydrogen-bond donors (Lipinski definition) is 2. The van der Waals surface area contributed by atoms with Crippen molar-refractivity contribution in [2.45, 2.75) is 17.9 Å². The van der Waals surface area contributed by atoms with Crippen molar-refractivity contribution in [1.29, 1.82) is 0 Å². The molecule has 2 heterocycles. The van der Waals surface area contributed by atoms with E-state index in [4.69, 9.17) is 0 Å². The zero-order chi connectivity index (χ0) is 14.8. The van der Waals surface area contributed by atoms with Crippen LogP contribution in [-0.4, -0.2) is 18.7 Å². The lowest BCUT2D eigenvalue weighted by Gasteiger charge is -2.19. The summed E-state index contributed by atoms with van der Waals surface area (Å²) in [7, 11) is 0. The van der Waals surface area contributed by atoms with E-state index in [1.165, 1.54) is 23.1 Å². The molecule has 1 aromatic heterocycles. The van der Waals surface area contributed by atoms with Gasteiger partial charge >= 0.3 is 0 Å². The lowest BCUT2D eigenvalue weighted by molar-refractivity contribution is 0.102. The number of thiophene rings is 1. The molecule has 0 aliphatic carbocycles. The van der Waals surface area contributed by atoms with Crippen molar-refractivity contribution in [1.82, 2.24) is 5.32 Å². The molecule has 0 unspecified atom stereocenters. The summed E-state index contributed by atoms with van der Waals surface area (Å²) < 4.78 is 14.5. The molecule has 1 amide bonds. The molecule has 7 heteroatoms. The molecule has 3 nitrogen and oxygen atoms in total. The number of nitrogens with one attached hydrogen (secondary N) is 2. The summed E-state index contributed by atoms with van der Waals surface area (Å²) in [4.78, 5) is 13.8. The first-order valence-corrected chi connectivity index (χ1v) is 8.75. The summed E-state index contributed by atoms with van der Waals surface area (Å²) in [6.07, 6.45) is 2.57. The van der Waals surface area contributed by atoms with E-state index in [1.54, 1.807) is 6.07 Å². The van der Waals surface area contributed by atoms with Crippen LogP contribution < -0.4 is 10.6 Å². The van der Waals surface area contributed by atoms with Crippen LogP contribution in [0, 0.1) is 5.82 Å². The Labute approximate surface area is 143 Å². The van der Waals surface area contributed by atoms with Crippen LogP contribution in [-0.2, 0) is 13.0 Å². The molecular weight excluding hydrogens is 343 g/mol. The first kappa shape index (κ1) is 17.3. The van der Waals surface area contributed by atoms with Crippen molar-refractivity contribution in [2.75, 3.05) is 18.1 Å². The average Bonchev–Trinajstić information content (AvgIpc) is 2.99. The van der Waals surface area contributed by atoms with Crippen molar-refractivity contribution in [3.63, 3.8) is 0 Å². The van der Waals surface area contributed by atoms with Gasteiger partial charge in [-0.1, -0.05) is 6.07 Å². The topological polar surface area (TPSA) is 41.1 Å². The van der Waals surface area contributed by atoms with Crippen LogP contribution in [0.15, 0.2) is 28.5 Å². The Bertz CT molecular complexity index is 690. The highest BCUT2D eigenvalue weighted by Crippen LogP contribution is 2.28. The highest BCUT2D eigenvalue weighted by atomic mass is 35.5. The molecule has 1 aliphatic rings. The number of amides is 1. The highest BCUT2D eigenvalue weighted by molar-refractivity contribution is 7.98. The molecule has 1 aromatic carbocycles. The van der Waals surface area contributed by atoms with E-state index in [-0.39, 0.29) is 29.8 Å². The van der Waals surface area contributed by atoms with Gasteiger partial charge in [-0.2, -0.15) is 0 Å². The van der Waals surface area contributed by atoms with E-state index >= 15 is 0 Å². The lowest BCUT2D eigenvalue weighted by atomic mass is 9.99. The molecule has 0 radical (unpaired) electrons. The van der Waals surface area contributed by atoms with E-state index in [0.717, 1.165) is 17.0 Å². The number of thioether (sulfide) groups is 1. The fourth-order valence-corrected chi connectivity index (χ4v) is 4.08. The Kier molecular flexibility index (Phi) is 5.86. The Morgan fingerprint density at radius 1 is 1.41 bits per heavy atom. The number of halogens is 2. The molecule has 0 fully saturated rings. The third-order valence-corrected chi connectivity index (χ3v) is 5.33. The monoisotopic (exact) mass is 358 g/mol. The van der Waals surface area contributed by atoms with Gasteiger partial charge in [0.25, 0.3) is 5.91 Å². The Balaban J connectivity index is 0.00000176. The second-order valence-corrected chi connectivity index (χ2v) is 6.53. The van der Waals surface area contributed by atoms with Gasteiger partial charge in [0.05, 0.1) is 5.69 Å². The quantitative estimate of drug-likeness (QED) is 0.817. The number of benzene rings is 1. The average molecular weight is 359 g/mol. The van der Waals surface area contributed by atoms with Gasteiger partial charge in [-0.05, 0) is 47.9 Å². The molecular formula is C15H16ClFN2OS2. The van der Waals surface area contributed by atoms with Crippen LogP contribution >= 0.6 is 35.5 Å². The largest absolute Gasteiger partial charge is 0.319 e. The third kappa shape index (κ3) is 3.30. The maximum absolute atomic E-state index is 14.5. The minimum absolute atomic E-state index is 0. The predicted molar refractivity (Wildman–Crippen MR) is 93.1 cm³/mol. The van der Waals surface area contributed by atoms with E-state index in [0.29, 0.717) is 23.4 Å². The number of carbonyl (C=O) groups is 1. The van der Waals surface area contributed by atoms with Gasteiger partial charge in [0, 0.05) is 11.4 Å². The molecule has 0 saturated heterocycles. The molecule has 22 heavy (non-hydrogen) atoms. The number of fused-ring (bicyclic) bond motifs is 1. The molecule has 0 spiro atoms. The summed E-state index contributed by atoms with van der Waals surface area (Å²) in [6, 6.07) is 5.43. The summed E-state index contributed by atoms with van der Waals surface area (Å²) in [5, 5.41) is 7.78. The first-order chi connectivity index (χ1) is 10.2. The second-order valence-electron chi connectivity index (χ2n) is 4.76. The van der Waals surface area contributed by atoms with Crippen molar-refractivity contribution in [3.8, 4) is 0 Å². The SMILES string of the molecule is CSc1ccsc1C(=O)Nc1ccc2c(c1F)CCNC2.Cl. The van der Waals surface area contributed by atoms with Crippen molar-refractivity contribution in [2.24, 2.45) is 0 Å². The van der Waals surface area contributed by atoms with Crippen molar-refractivity contribution >= 4 is 47.1 Å². The van der Waals surface area contributed by atoms with E-state index < -0.39 is 0 Å². The zero-order valence-corrected chi connectivity index (χ0v) is 14.4. The fourth-order valence-electron chi connectivity index (χ4n) is 2.43. The van der Waals surface area contributed by atoms with Gasteiger partial charge < -0.3 is 10.6 Å². The highest BCUT2D eigenvalue weighted by Gasteiger charge is 2.19. The van der Waals surface area contributed by atoms with Crippen molar-refractivity contribution < 1.29 is 9.18 Å². The van der Waals surface area contributed by atoms with Crippen LogP contribution in [0.3, 0.4) is 0 Å². The summed E-state index contributed by atoms with van der Waals surface area (Å²) in [5.41, 5.74) is 1.95. The smallest absolute Gasteiger partial charge is 0.266 e. The number of carbonyl (C=O) groups excluding carboxylic acids is 1. The standard InChI is InChI=1S/C15H15FN2OS2.ClH/c1-20-12-5-7-21-14(12)15(19)18-11-3-2-9-8-17-6-4-10(9)13(11)16;/h2-3,5,7,17H,4,6,8H2,1H3,(H,18,19);1H. The summed E-state index contributed by atoms with van der Waals surface area (Å²) in [6.45, 7) is 1.45. The second kappa shape index (κ2) is 7.46. The summed E-state index contributed by atoms with van der Waals surface area (Å²) in [5.74, 6) is -0.549. The third-order valence-electron chi connectivity index (χ3n) is 3.51. The van der Waals surface area contributed by atoms with Gasteiger partial charge in [-0.25, -0.2) is 4.39 Å². The number of hydrogen-bond acceptors (Lipinski definition) is 4. The van der Waals surface area contributed by atoms with Crippen LogP contribution in [0.25, 0.3) is 0 Å². The fraction of sp³-hybridized carbons (Fsp3) is 0.267. The maximum atomic E-state index is 14.5. The van der Waals surface area contributed by atoms with E-state index in [9.17, 15) is 9.18 Å². The van der Waals surface area contributed by atoms with Crippen LogP contribution in [0.4, 0.5) is 10.1 Å². The lowest BCUT2D eigenvalue weighted by Crippen LogP contribution is -2.25. The van der Waals surface area contributed by atoms with Gasteiger partial charge in [-0.3, -0.25) is 4.79 Å². The van der Waals surface area contributed by atoms with Gasteiger partial charge in [0.15, 0.2) is 0 Å². The summed E-state index contributed by atoms with van der Waals surface area (Å²) >= 11 is 2.89. The number of anilines is 1.